The Hall–Kier alpha value is -1.18. The van der Waals surface area contributed by atoms with Crippen LogP contribution in [0, 0.1) is 11.6 Å². The van der Waals surface area contributed by atoms with Crippen molar-refractivity contribution in [3.05, 3.63) is 35.4 Å². The van der Waals surface area contributed by atoms with Gasteiger partial charge in [-0.3, -0.25) is 4.90 Å². The zero-order valence-electron chi connectivity index (χ0n) is 10.8. The quantitative estimate of drug-likeness (QED) is 0.826. The van der Waals surface area contributed by atoms with Gasteiger partial charge in [-0.1, -0.05) is 6.07 Å². The Morgan fingerprint density at radius 3 is 2.45 bits per heavy atom. The van der Waals surface area contributed by atoms with Crippen molar-refractivity contribution < 1.29 is 22.7 Å². The number of halogens is 4. The zero-order chi connectivity index (χ0) is 14.8. The van der Waals surface area contributed by atoms with E-state index in [4.69, 9.17) is 5.11 Å². The summed E-state index contributed by atoms with van der Waals surface area (Å²) in [5.41, 5.74) is -0.299. The second-order valence-corrected chi connectivity index (χ2v) is 4.77. The third-order valence-electron chi connectivity index (χ3n) is 3.38. The number of nitrogens with zero attached hydrogens (tertiary/aromatic N) is 1. The van der Waals surface area contributed by atoms with Gasteiger partial charge < -0.3 is 10.4 Å². The maximum absolute atomic E-state index is 14.0. The van der Waals surface area contributed by atoms with Crippen molar-refractivity contribution in [2.24, 2.45) is 0 Å². The number of alkyl halides is 2. The summed E-state index contributed by atoms with van der Waals surface area (Å²) in [5, 5.41) is 11.9. The van der Waals surface area contributed by atoms with Crippen molar-refractivity contribution in [3.8, 4) is 0 Å². The largest absolute Gasteiger partial charge is 0.390 e. The van der Waals surface area contributed by atoms with Gasteiger partial charge in [0.2, 0.25) is 0 Å². The Labute approximate surface area is 114 Å². The van der Waals surface area contributed by atoms with E-state index in [2.05, 4.69) is 5.32 Å². The number of hydrogen-bond acceptors (Lipinski definition) is 3. The van der Waals surface area contributed by atoms with Crippen molar-refractivity contribution in [2.45, 2.75) is 12.0 Å². The first-order valence-electron chi connectivity index (χ1n) is 6.34. The summed E-state index contributed by atoms with van der Waals surface area (Å²) in [5.74, 6) is -5.35. The molecule has 2 N–H and O–H groups in total. The SMILES string of the molecule is OCC(F)(F)[C@@H](c1ccc(F)cc1F)N1CCNCC1. The van der Waals surface area contributed by atoms with E-state index in [0.29, 0.717) is 32.2 Å². The number of benzene rings is 1. The molecule has 1 heterocycles. The Kier molecular flexibility index (Phi) is 4.62. The van der Waals surface area contributed by atoms with E-state index < -0.39 is 30.2 Å². The summed E-state index contributed by atoms with van der Waals surface area (Å²) in [6.45, 7) is 0.216. The first kappa shape index (κ1) is 15.2. The lowest BCUT2D eigenvalue weighted by Crippen LogP contribution is -2.51. The summed E-state index contributed by atoms with van der Waals surface area (Å²) >= 11 is 0. The molecule has 0 saturated carbocycles. The van der Waals surface area contributed by atoms with Crippen LogP contribution < -0.4 is 5.32 Å². The van der Waals surface area contributed by atoms with E-state index in [-0.39, 0.29) is 5.56 Å². The molecule has 0 unspecified atom stereocenters. The van der Waals surface area contributed by atoms with Crippen LogP contribution in [0.25, 0.3) is 0 Å². The maximum atomic E-state index is 14.0. The lowest BCUT2D eigenvalue weighted by atomic mass is 9.97. The van der Waals surface area contributed by atoms with Crippen LogP contribution in [0.5, 0.6) is 0 Å². The van der Waals surface area contributed by atoms with Gasteiger partial charge in [-0.15, -0.1) is 0 Å². The molecule has 0 radical (unpaired) electrons. The van der Waals surface area contributed by atoms with Crippen LogP contribution in [0.2, 0.25) is 0 Å². The molecule has 1 aliphatic rings. The second kappa shape index (κ2) is 6.07. The van der Waals surface area contributed by atoms with Gasteiger partial charge in [0.05, 0.1) is 0 Å². The highest BCUT2D eigenvalue weighted by molar-refractivity contribution is 5.24. The molecule has 112 valence electrons. The smallest absolute Gasteiger partial charge is 0.290 e. The number of piperazine rings is 1. The Balaban J connectivity index is 2.39. The van der Waals surface area contributed by atoms with E-state index in [1.807, 2.05) is 0 Å². The van der Waals surface area contributed by atoms with E-state index in [1.165, 1.54) is 4.90 Å². The van der Waals surface area contributed by atoms with Crippen molar-refractivity contribution in [1.82, 2.24) is 10.2 Å². The van der Waals surface area contributed by atoms with E-state index in [1.54, 1.807) is 0 Å². The number of nitrogens with one attached hydrogen (secondary N) is 1. The molecule has 1 saturated heterocycles. The van der Waals surface area contributed by atoms with Gasteiger partial charge in [0.25, 0.3) is 5.92 Å². The number of hydrogen-bond donors (Lipinski definition) is 2. The third-order valence-corrected chi connectivity index (χ3v) is 3.38. The van der Waals surface area contributed by atoms with Gasteiger partial charge >= 0.3 is 0 Å². The highest BCUT2D eigenvalue weighted by atomic mass is 19.3. The number of aliphatic hydroxyl groups is 1. The fraction of sp³-hybridized carbons (Fsp3) is 0.538. The molecule has 2 rings (SSSR count). The molecule has 1 aromatic carbocycles. The third kappa shape index (κ3) is 3.11. The average molecular weight is 292 g/mol. The molecular weight excluding hydrogens is 276 g/mol. The number of rotatable bonds is 4. The maximum Gasteiger partial charge on any atom is 0.290 e. The molecule has 1 aromatic rings. The second-order valence-electron chi connectivity index (χ2n) is 4.77. The molecule has 0 aliphatic carbocycles. The zero-order valence-corrected chi connectivity index (χ0v) is 10.8. The minimum Gasteiger partial charge on any atom is -0.390 e. The Morgan fingerprint density at radius 2 is 1.90 bits per heavy atom. The highest BCUT2D eigenvalue weighted by Gasteiger charge is 2.45. The number of aliphatic hydroxyl groups excluding tert-OH is 1. The minimum atomic E-state index is -3.50. The molecule has 0 aromatic heterocycles. The Bertz CT molecular complexity index is 464. The van der Waals surface area contributed by atoms with Gasteiger partial charge in [0.15, 0.2) is 0 Å². The highest BCUT2D eigenvalue weighted by Crippen LogP contribution is 2.37. The van der Waals surface area contributed by atoms with Crippen molar-refractivity contribution in [1.29, 1.82) is 0 Å². The first-order chi connectivity index (χ1) is 9.45. The fourth-order valence-corrected chi connectivity index (χ4v) is 2.44. The van der Waals surface area contributed by atoms with Gasteiger partial charge in [-0.2, -0.15) is 0 Å². The molecule has 0 spiro atoms. The molecular formula is C13H16F4N2O. The average Bonchev–Trinajstić information content (AvgIpc) is 2.43. The van der Waals surface area contributed by atoms with E-state index >= 15 is 0 Å². The molecule has 1 fully saturated rings. The van der Waals surface area contributed by atoms with Crippen LogP contribution in [-0.4, -0.2) is 48.7 Å². The van der Waals surface area contributed by atoms with Crippen molar-refractivity contribution in [3.63, 3.8) is 0 Å². The summed E-state index contributed by atoms with van der Waals surface area (Å²) in [4.78, 5) is 1.41. The van der Waals surface area contributed by atoms with Crippen LogP contribution in [0.3, 0.4) is 0 Å². The normalized spacial score (nSPS) is 19.1. The molecule has 1 aliphatic heterocycles. The summed E-state index contributed by atoms with van der Waals surface area (Å²) in [7, 11) is 0. The van der Waals surface area contributed by atoms with Crippen LogP contribution in [0.4, 0.5) is 17.6 Å². The summed E-state index contributed by atoms with van der Waals surface area (Å²) < 4.78 is 54.7. The molecule has 0 amide bonds. The predicted molar refractivity (Wildman–Crippen MR) is 65.6 cm³/mol. The summed E-state index contributed by atoms with van der Waals surface area (Å²) in [6, 6.07) is 0.940. The van der Waals surface area contributed by atoms with Crippen molar-refractivity contribution in [2.75, 3.05) is 32.8 Å². The fourth-order valence-electron chi connectivity index (χ4n) is 2.44. The lowest BCUT2D eigenvalue weighted by Gasteiger charge is -2.38. The van der Waals surface area contributed by atoms with Crippen LogP contribution >= 0.6 is 0 Å². The van der Waals surface area contributed by atoms with E-state index in [9.17, 15) is 17.6 Å². The van der Waals surface area contributed by atoms with E-state index in [0.717, 1.165) is 12.1 Å². The van der Waals surface area contributed by atoms with Gasteiger partial charge in [0.1, 0.15) is 24.3 Å². The molecule has 1 atom stereocenters. The minimum absolute atomic E-state index is 0.299. The molecule has 7 heteroatoms. The van der Waals surface area contributed by atoms with Gasteiger partial charge in [0, 0.05) is 37.8 Å². The predicted octanol–water partition coefficient (Wildman–Crippen LogP) is 1.54. The monoisotopic (exact) mass is 292 g/mol. The molecule has 20 heavy (non-hydrogen) atoms. The molecule has 3 nitrogen and oxygen atoms in total. The van der Waals surface area contributed by atoms with Crippen molar-refractivity contribution >= 4 is 0 Å². The topological polar surface area (TPSA) is 35.5 Å². The molecule has 0 bridgehead atoms. The Morgan fingerprint density at radius 1 is 1.25 bits per heavy atom. The van der Waals surface area contributed by atoms with Crippen LogP contribution in [0.1, 0.15) is 11.6 Å². The van der Waals surface area contributed by atoms with Gasteiger partial charge in [-0.05, 0) is 6.07 Å². The van der Waals surface area contributed by atoms with Crippen LogP contribution in [0.15, 0.2) is 18.2 Å². The lowest BCUT2D eigenvalue weighted by molar-refractivity contribution is -0.119. The van der Waals surface area contributed by atoms with Crippen LogP contribution in [-0.2, 0) is 0 Å². The first-order valence-corrected chi connectivity index (χ1v) is 6.34. The van der Waals surface area contributed by atoms with Gasteiger partial charge in [-0.25, -0.2) is 17.6 Å². The standard InChI is InChI=1S/C13H16F4N2O/c14-9-1-2-10(11(15)7-9)12(13(16,17)8-20)19-5-3-18-4-6-19/h1-2,7,12,18,20H,3-6,8H2/t12-/m1/s1. The summed E-state index contributed by atoms with van der Waals surface area (Å²) in [6.07, 6.45) is 0.